The number of carbonyl (C=O) groups excluding carboxylic acids is 1. The molecule has 4 nitrogen and oxygen atoms in total. The van der Waals surface area contributed by atoms with Crippen LogP contribution >= 0.6 is 11.8 Å². The minimum Gasteiger partial charge on any atom is -0.366 e. The Balaban J connectivity index is 1.65. The number of amidine groups is 1. The third-order valence-electron chi connectivity index (χ3n) is 6.01. The van der Waals surface area contributed by atoms with Gasteiger partial charge in [-0.2, -0.15) is 0 Å². The molecule has 2 heterocycles. The molecule has 0 unspecified atom stereocenters. The predicted octanol–water partition coefficient (Wildman–Crippen LogP) is 6.03. The first-order valence-electron chi connectivity index (χ1n) is 10.5. The summed E-state index contributed by atoms with van der Waals surface area (Å²) in [6.45, 7) is 10.2. The van der Waals surface area contributed by atoms with Crippen molar-refractivity contribution in [2.45, 2.75) is 45.6 Å². The van der Waals surface area contributed by atoms with Crippen molar-refractivity contribution in [1.29, 1.82) is 0 Å². The lowest BCUT2D eigenvalue weighted by atomic mass is 9.79. The van der Waals surface area contributed by atoms with Gasteiger partial charge in [0, 0.05) is 24.8 Å². The second-order valence-electron chi connectivity index (χ2n) is 8.68. The van der Waals surface area contributed by atoms with E-state index in [0.717, 1.165) is 24.2 Å². The molecular formula is C25H29N3OS. The highest BCUT2D eigenvalue weighted by Gasteiger charge is 2.35. The first-order chi connectivity index (χ1) is 14.3. The summed E-state index contributed by atoms with van der Waals surface area (Å²) < 4.78 is 0. The van der Waals surface area contributed by atoms with E-state index < -0.39 is 0 Å². The number of likely N-dealkylation sites (N-methyl/N-ethyl adjacent to an activating group) is 1. The summed E-state index contributed by atoms with van der Waals surface area (Å²) in [5.41, 5.74) is 4.77. The van der Waals surface area contributed by atoms with Crippen LogP contribution in [0.1, 0.15) is 51.2 Å². The predicted molar refractivity (Wildman–Crippen MR) is 128 cm³/mol. The molecule has 0 saturated carbocycles. The van der Waals surface area contributed by atoms with Gasteiger partial charge < -0.3 is 4.90 Å². The van der Waals surface area contributed by atoms with Gasteiger partial charge in [-0.3, -0.25) is 9.69 Å². The molecule has 0 spiro atoms. The molecular weight excluding hydrogens is 390 g/mol. The number of rotatable bonds is 3. The van der Waals surface area contributed by atoms with Crippen LogP contribution in [0.3, 0.4) is 0 Å². The summed E-state index contributed by atoms with van der Waals surface area (Å²) in [6.07, 6.45) is 3.12. The number of anilines is 1. The molecule has 2 aromatic rings. The Labute approximate surface area is 183 Å². The van der Waals surface area contributed by atoms with E-state index in [9.17, 15) is 4.79 Å². The lowest BCUT2D eigenvalue weighted by Gasteiger charge is -2.47. The number of hydrogen-bond donors (Lipinski definition) is 0. The molecule has 0 bridgehead atoms. The molecule has 30 heavy (non-hydrogen) atoms. The van der Waals surface area contributed by atoms with Gasteiger partial charge in [-0.15, -0.1) is 0 Å². The molecule has 5 heteroatoms. The van der Waals surface area contributed by atoms with E-state index in [4.69, 9.17) is 0 Å². The number of para-hydroxylation sites is 1. The number of carbonyl (C=O) groups is 1. The molecule has 0 aromatic heterocycles. The Morgan fingerprint density at radius 1 is 1.20 bits per heavy atom. The average Bonchev–Trinajstić information content (AvgIpc) is 2.97. The Morgan fingerprint density at radius 2 is 1.93 bits per heavy atom. The van der Waals surface area contributed by atoms with Crippen molar-refractivity contribution in [2.24, 2.45) is 4.99 Å². The summed E-state index contributed by atoms with van der Waals surface area (Å²) in [7, 11) is 1.79. The van der Waals surface area contributed by atoms with Crippen LogP contribution in [0.4, 0.5) is 11.4 Å². The van der Waals surface area contributed by atoms with Crippen LogP contribution < -0.4 is 4.90 Å². The maximum absolute atomic E-state index is 12.8. The zero-order chi connectivity index (χ0) is 21.5. The summed E-state index contributed by atoms with van der Waals surface area (Å²) >= 11 is 1.44. The van der Waals surface area contributed by atoms with Crippen molar-refractivity contribution in [3.05, 3.63) is 64.6 Å². The summed E-state index contributed by atoms with van der Waals surface area (Å²) in [5.74, 6) is 0.484. The second-order valence-corrected chi connectivity index (χ2v) is 9.69. The van der Waals surface area contributed by atoms with Crippen LogP contribution in [0, 0.1) is 0 Å². The van der Waals surface area contributed by atoms with Crippen LogP contribution in [0.5, 0.6) is 0 Å². The number of amides is 1. The number of thioether (sulfide) groups is 1. The largest absolute Gasteiger partial charge is 0.366 e. The molecule has 2 aromatic carbocycles. The lowest BCUT2D eigenvalue weighted by Crippen LogP contribution is -2.48. The zero-order valence-corrected chi connectivity index (χ0v) is 19.2. The monoisotopic (exact) mass is 419 g/mol. The molecule has 1 fully saturated rings. The fourth-order valence-electron chi connectivity index (χ4n) is 4.61. The topological polar surface area (TPSA) is 35.9 Å². The molecule has 0 N–H and O–H groups in total. The van der Waals surface area contributed by atoms with E-state index >= 15 is 0 Å². The van der Waals surface area contributed by atoms with Gasteiger partial charge in [0.1, 0.15) is 0 Å². The Hall–Kier alpha value is -2.53. The smallest absolute Gasteiger partial charge is 0.266 e. The van der Waals surface area contributed by atoms with Gasteiger partial charge in [0.15, 0.2) is 5.17 Å². The van der Waals surface area contributed by atoms with Gasteiger partial charge >= 0.3 is 0 Å². The number of benzene rings is 2. The van der Waals surface area contributed by atoms with Crippen LogP contribution in [-0.2, 0) is 4.79 Å². The highest BCUT2D eigenvalue weighted by Crippen LogP contribution is 2.44. The maximum Gasteiger partial charge on any atom is 0.266 e. The summed E-state index contributed by atoms with van der Waals surface area (Å²) in [6, 6.07) is 16.4. The molecule has 4 rings (SSSR count). The minimum atomic E-state index is -0.00299. The fraction of sp³-hybridized carbons (Fsp3) is 0.360. The van der Waals surface area contributed by atoms with Crippen molar-refractivity contribution in [3.63, 3.8) is 0 Å². The quantitative estimate of drug-likeness (QED) is 0.570. The SMILES string of the molecule is CCN1c2ccc(/C=C3\SC(=Nc4ccccc4)N(C)C3=O)cc2[C@@H](C)CC1(C)C. The maximum atomic E-state index is 12.8. The average molecular weight is 420 g/mol. The molecule has 2 aliphatic rings. The molecule has 156 valence electrons. The summed E-state index contributed by atoms with van der Waals surface area (Å²) in [4.78, 5) is 22.3. The van der Waals surface area contributed by atoms with E-state index in [0.29, 0.717) is 16.0 Å². The van der Waals surface area contributed by atoms with Crippen molar-refractivity contribution in [3.8, 4) is 0 Å². The first-order valence-corrected chi connectivity index (χ1v) is 11.3. The van der Waals surface area contributed by atoms with E-state index in [2.05, 4.69) is 55.8 Å². The van der Waals surface area contributed by atoms with Crippen LogP contribution in [0.2, 0.25) is 0 Å². The number of aliphatic imine (C=N–C) groups is 1. The van der Waals surface area contributed by atoms with Gasteiger partial charge in [-0.1, -0.05) is 31.2 Å². The zero-order valence-electron chi connectivity index (χ0n) is 18.3. The number of fused-ring (bicyclic) bond motifs is 1. The van der Waals surface area contributed by atoms with Gasteiger partial charge in [-0.05, 0) is 86.3 Å². The molecule has 1 atom stereocenters. The van der Waals surface area contributed by atoms with Crippen molar-refractivity contribution in [1.82, 2.24) is 4.90 Å². The minimum absolute atomic E-state index is 0.00299. The van der Waals surface area contributed by atoms with Gasteiger partial charge in [0.25, 0.3) is 5.91 Å². The number of hydrogen-bond acceptors (Lipinski definition) is 4. The van der Waals surface area contributed by atoms with Gasteiger partial charge in [0.2, 0.25) is 0 Å². The second kappa shape index (κ2) is 7.95. The Bertz CT molecular complexity index is 1030. The van der Waals surface area contributed by atoms with Crippen molar-refractivity contribution in [2.75, 3.05) is 18.5 Å². The van der Waals surface area contributed by atoms with E-state index in [1.165, 1.54) is 23.0 Å². The first kappa shape index (κ1) is 20.7. The van der Waals surface area contributed by atoms with Crippen molar-refractivity contribution >= 4 is 40.3 Å². The normalized spacial score (nSPS) is 23.4. The highest BCUT2D eigenvalue weighted by molar-refractivity contribution is 8.18. The van der Waals surface area contributed by atoms with Gasteiger partial charge in [-0.25, -0.2) is 4.99 Å². The van der Waals surface area contributed by atoms with E-state index in [-0.39, 0.29) is 11.4 Å². The van der Waals surface area contributed by atoms with E-state index in [1.54, 1.807) is 11.9 Å². The Morgan fingerprint density at radius 3 is 2.63 bits per heavy atom. The summed E-state index contributed by atoms with van der Waals surface area (Å²) in [5, 5.41) is 0.711. The highest BCUT2D eigenvalue weighted by atomic mass is 32.2. The van der Waals surface area contributed by atoms with Crippen LogP contribution in [-0.4, -0.2) is 35.1 Å². The molecule has 0 radical (unpaired) electrons. The third-order valence-corrected chi connectivity index (χ3v) is 7.07. The Kier molecular flexibility index (Phi) is 5.49. The fourth-order valence-corrected chi connectivity index (χ4v) is 5.60. The standard InChI is InChI=1S/C25H29N3OS/c1-6-28-21-13-12-18(14-20(21)17(2)16-25(28,3)4)15-22-23(29)27(5)24(30-22)26-19-10-8-7-9-11-19/h7-15,17H,6,16H2,1-5H3/b22-15-,26-24?/t17-/m0/s1. The number of nitrogens with zero attached hydrogens (tertiary/aromatic N) is 3. The molecule has 1 saturated heterocycles. The van der Waals surface area contributed by atoms with Crippen molar-refractivity contribution < 1.29 is 4.79 Å². The van der Waals surface area contributed by atoms with Crippen LogP contribution in [0.25, 0.3) is 6.08 Å². The third kappa shape index (κ3) is 3.79. The molecule has 1 amide bonds. The molecule has 2 aliphatic heterocycles. The lowest BCUT2D eigenvalue weighted by molar-refractivity contribution is -0.121. The van der Waals surface area contributed by atoms with E-state index in [1.807, 2.05) is 36.4 Å². The van der Waals surface area contributed by atoms with Gasteiger partial charge in [0.05, 0.1) is 10.6 Å². The van der Waals surface area contributed by atoms with Crippen LogP contribution in [0.15, 0.2) is 58.4 Å². The molecule has 0 aliphatic carbocycles.